The van der Waals surface area contributed by atoms with Gasteiger partial charge in [0.15, 0.2) is 0 Å². The van der Waals surface area contributed by atoms with Crippen molar-refractivity contribution in [3.8, 4) is 0 Å². The third-order valence-corrected chi connectivity index (χ3v) is 3.87. The van der Waals surface area contributed by atoms with Crippen molar-refractivity contribution in [2.75, 3.05) is 13.1 Å². The molecule has 0 aliphatic carbocycles. The zero-order valence-corrected chi connectivity index (χ0v) is 11.2. The fourth-order valence-corrected chi connectivity index (χ4v) is 2.79. The molecule has 98 valence electrons. The topological polar surface area (TPSA) is 25.2 Å². The Balaban J connectivity index is 2.09. The number of amides is 1. The molecule has 0 atom stereocenters. The molecular formula is C16H18N2O. The first-order valence-electron chi connectivity index (χ1n) is 6.71. The van der Waals surface area contributed by atoms with Gasteiger partial charge in [0, 0.05) is 37.2 Å². The molecule has 0 unspecified atom stereocenters. The quantitative estimate of drug-likeness (QED) is 0.808. The molecule has 1 fully saturated rings. The second kappa shape index (κ2) is 4.57. The molecule has 1 aliphatic rings. The first-order valence-corrected chi connectivity index (χ1v) is 6.71. The van der Waals surface area contributed by atoms with Crippen LogP contribution in [-0.4, -0.2) is 28.5 Å². The number of rotatable bonds is 2. The van der Waals surface area contributed by atoms with E-state index in [1.54, 1.807) is 0 Å². The van der Waals surface area contributed by atoms with E-state index in [4.69, 9.17) is 0 Å². The number of fused-ring (bicyclic) bond motifs is 1. The van der Waals surface area contributed by atoms with Crippen LogP contribution in [0, 0.1) is 0 Å². The Bertz CT molecular complexity index is 648. The molecule has 1 aromatic heterocycles. The predicted octanol–water partition coefficient (Wildman–Crippen LogP) is 3.06. The van der Waals surface area contributed by atoms with E-state index in [1.807, 2.05) is 40.9 Å². The summed E-state index contributed by atoms with van der Waals surface area (Å²) in [5.41, 5.74) is 2.98. The highest BCUT2D eigenvalue weighted by atomic mass is 16.2. The lowest BCUT2D eigenvalue weighted by atomic mass is 10.1. The molecule has 0 spiro atoms. The van der Waals surface area contributed by atoms with Gasteiger partial charge in [-0.15, -0.1) is 0 Å². The van der Waals surface area contributed by atoms with Crippen LogP contribution in [-0.2, 0) is 7.05 Å². The zero-order chi connectivity index (χ0) is 13.4. The molecule has 1 amide bonds. The fourth-order valence-electron chi connectivity index (χ4n) is 2.79. The maximum absolute atomic E-state index is 12.5. The predicted molar refractivity (Wildman–Crippen MR) is 78.1 cm³/mol. The van der Waals surface area contributed by atoms with E-state index in [9.17, 15) is 4.79 Å². The molecule has 2 aromatic rings. The molecule has 3 heteroatoms. The number of carbonyl (C=O) groups excluding carboxylic acids is 1. The minimum absolute atomic E-state index is 0.162. The second-order valence-corrected chi connectivity index (χ2v) is 5.13. The standard InChI is InChI=1S/C16H18N2O/c1-3-12-6-7-13-14(11-17(2)15(13)10-12)16(19)18-8-4-5-9-18/h3,6-7,10-11H,1,4-5,8-9H2,2H3. The number of carbonyl (C=O) groups is 1. The Morgan fingerprint density at radius 3 is 2.74 bits per heavy atom. The third kappa shape index (κ3) is 1.95. The van der Waals surface area contributed by atoms with E-state index >= 15 is 0 Å². The van der Waals surface area contributed by atoms with Crippen LogP contribution in [0.3, 0.4) is 0 Å². The first kappa shape index (κ1) is 12.0. The van der Waals surface area contributed by atoms with Crippen molar-refractivity contribution in [2.45, 2.75) is 12.8 Å². The average Bonchev–Trinajstić information content (AvgIpc) is 3.06. The summed E-state index contributed by atoms with van der Waals surface area (Å²) in [5.74, 6) is 0.162. The summed E-state index contributed by atoms with van der Waals surface area (Å²) in [7, 11) is 1.98. The summed E-state index contributed by atoms with van der Waals surface area (Å²) < 4.78 is 2.02. The molecular weight excluding hydrogens is 236 g/mol. The molecule has 3 rings (SSSR count). The van der Waals surface area contributed by atoms with Crippen molar-refractivity contribution in [2.24, 2.45) is 7.05 Å². The molecule has 0 N–H and O–H groups in total. The molecule has 0 radical (unpaired) electrons. The van der Waals surface area contributed by atoms with Gasteiger partial charge in [0.2, 0.25) is 0 Å². The van der Waals surface area contributed by atoms with Crippen LogP contribution in [0.5, 0.6) is 0 Å². The number of nitrogens with zero attached hydrogens (tertiary/aromatic N) is 2. The lowest BCUT2D eigenvalue weighted by molar-refractivity contribution is 0.0794. The fraction of sp³-hybridized carbons (Fsp3) is 0.312. The van der Waals surface area contributed by atoms with Gasteiger partial charge in [-0.3, -0.25) is 4.79 Å². The monoisotopic (exact) mass is 254 g/mol. The number of aromatic nitrogens is 1. The molecule has 19 heavy (non-hydrogen) atoms. The Morgan fingerprint density at radius 1 is 1.32 bits per heavy atom. The summed E-state index contributed by atoms with van der Waals surface area (Å²) in [4.78, 5) is 14.5. The molecule has 1 saturated heterocycles. The van der Waals surface area contributed by atoms with Crippen molar-refractivity contribution in [3.63, 3.8) is 0 Å². The van der Waals surface area contributed by atoms with Gasteiger partial charge in [-0.25, -0.2) is 0 Å². The average molecular weight is 254 g/mol. The van der Waals surface area contributed by atoms with Crippen molar-refractivity contribution in [1.82, 2.24) is 9.47 Å². The normalized spacial score (nSPS) is 15.1. The number of aryl methyl sites for hydroxylation is 1. The SMILES string of the molecule is C=Cc1ccc2c(C(=O)N3CCCC3)cn(C)c2c1. The van der Waals surface area contributed by atoms with E-state index in [2.05, 4.69) is 12.6 Å². The molecule has 2 heterocycles. The van der Waals surface area contributed by atoms with Gasteiger partial charge in [-0.2, -0.15) is 0 Å². The van der Waals surface area contributed by atoms with E-state index in [0.717, 1.165) is 48.0 Å². The second-order valence-electron chi connectivity index (χ2n) is 5.13. The van der Waals surface area contributed by atoms with Crippen LogP contribution in [0.15, 0.2) is 31.0 Å². The van der Waals surface area contributed by atoms with Gasteiger partial charge in [0.25, 0.3) is 5.91 Å². The Morgan fingerprint density at radius 2 is 2.05 bits per heavy atom. The first-order chi connectivity index (χ1) is 9.20. The highest BCUT2D eigenvalue weighted by Gasteiger charge is 2.22. The Hall–Kier alpha value is -2.03. The molecule has 3 nitrogen and oxygen atoms in total. The Kier molecular flexibility index (Phi) is 2.90. The van der Waals surface area contributed by atoms with Crippen LogP contribution in [0.2, 0.25) is 0 Å². The van der Waals surface area contributed by atoms with E-state index in [0.29, 0.717) is 0 Å². The summed E-state index contributed by atoms with van der Waals surface area (Å²) in [5, 5.41) is 1.03. The van der Waals surface area contributed by atoms with Crippen molar-refractivity contribution in [3.05, 3.63) is 42.1 Å². The van der Waals surface area contributed by atoms with E-state index < -0.39 is 0 Å². The van der Waals surface area contributed by atoms with Gasteiger partial charge >= 0.3 is 0 Å². The summed E-state index contributed by atoms with van der Waals surface area (Å²) in [6.45, 7) is 5.57. The highest BCUT2D eigenvalue weighted by Crippen LogP contribution is 2.25. The highest BCUT2D eigenvalue weighted by molar-refractivity contribution is 6.07. The Labute approximate surface area is 113 Å². The maximum atomic E-state index is 12.5. The maximum Gasteiger partial charge on any atom is 0.256 e. The van der Waals surface area contributed by atoms with Gasteiger partial charge in [0.1, 0.15) is 0 Å². The zero-order valence-electron chi connectivity index (χ0n) is 11.2. The lowest BCUT2D eigenvalue weighted by Gasteiger charge is -2.14. The van der Waals surface area contributed by atoms with Gasteiger partial charge < -0.3 is 9.47 Å². The third-order valence-electron chi connectivity index (χ3n) is 3.87. The van der Waals surface area contributed by atoms with E-state index in [-0.39, 0.29) is 5.91 Å². The van der Waals surface area contributed by atoms with Gasteiger partial charge in [0.05, 0.1) is 5.56 Å². The summed E-state index contributed by atoms with van der Waals surface area (Å²) >= 11 is 0. The van der Waals surface area contributed by atoms with Crippen LogP contribution >= 0.6 is 0 Å². The number of hydrogen-bond donors (Lipinski definition) is 0. The molecule has 1 aromatic carbocycles. The molecule has 1 aliphatic heterocycles. The van der Waals surface area contributed by atoms with Gasteiger partial charge in [-0.1, -0.05) is 24.8 Å². The largest absolute Gasteiger partial charge is 0.350 e. The minimum Gasteiger partial charge on any atom is -0.350 e. The van der Waals surface area contributed by atoms with E-state index in [1.165, 1.54) is 0 Å². The van der Waals surface area contributed by atoms with Crippen molar-refractivity contribution < 1.29 is 4.79 Å². The smallest absolute Gasteiger partial charge is 0.256 e. The number of benzene rings is 1. The number of likely N-dealkylation sites (tertiary alicyclic amines) is 1. The number of hydrogen-bond acceptors (Lipinski definition) is 1. The van der Waals surface area contributed by atoms with Crippen LogP contribution in [0.4, 0.5) is 0 Å². The van der Waals surface area contributed by atoms with Crippen molar-refractivity contribution >= 4 is 22.9 Å². The van der Waals surface area contributed by atoms with Crippen molar-refractivity contribution in [1.29, 1.82) is 0 Å². The molecule has 0 saturated carbocycles. The lowest BCUT2D eigenvalue weighted by Crippen LogP contribution is -2.27. The van der Waals surface area contributed by atoms with Crippen LogP contribution in [0.1, 0.15) is 28.8 Å². The summed E-state index contributed by atoms with van der Waals surface area (Å²) in [6, 6.07) is 6.11. The summed E-state index contributed by atoms with van der Waals surface area (Å²) in [6.07, 6.45) is 6.01. The molecule has 0 bridgehead atoms. The minimum atomic E-state index is 0.162. The van der Waals surface area contributed by atoms with Crippen LogP contribution in [0.25, 0.3) is 17.0 Å². The van der Waals surface area contributed by atoms with Crippen LogP contribution < -0.4 is 0 Å². The van der Waals surface area contributed by atoms with Gasteiger partial charge in [-0.05, 0) is 24.5 Å².